The van der Waals surface area contributed by atoms with Crippen LogP contribution in [-0.2, 0) is 11.2 Å². The number of benzene rings is 2. The van der Waals surface area contributed by atoms with Crippen LogP contribution in [0.25, 0.3) is 0 Å². The van der Waals surface area contributed by atoms with Crippen molar-refractivity contribution in [1.29, 1.82) is 0 Å². The molecular formula is C21H25ClN2OS. The van der Waals surface area contributed by atoms with Crippen LogP contribution < -0.4 is 5.32 Å². The Labute approximate surface area is 165 Å². The van der Waals surface area contributed by atoms with Gasteiger partial charge in [0.15, 0.2) is 0 Å². The van der Waals surface area contributed by atoms with Crippen molar-refractivity contribution in [2.75, 3.05) is 39.4 Å². The summed E-state index contributed by atoms with van der Waals surface area (Å²) >= 11 is 8.11. The van der Waals surface area contributed by atoms with Crippen LogP contribution in [0.3, 0.4) is 0 Å². The molecular weight excluding hydrogens is 364 g/mol. The zero-order valence-corrected chi connectivity index (χ0v) is 16.5. The summed E-state index contributed by atoms with van der Waals surface area (Å²) in [7, 11) is 0. The van der Waals surface area contributed by atoms with Crippen molar-refractivity contribution < 1.29 is 4.74 Å². The molecule has 26 heavy (non-hydrogen) atoms. The fourth-order valence-electron chi connectivity index (χ4n) is 3.70. The summed E-state index contributed by atoms with van der Waals surface area (Å²) in [5.74, 6) is 0. The van der Waals surface area contributed by atoms with E-state index < -0.39 is 0 Å². The molecule has 2 aromatic rings. The van der Waals surface area contributed by atoms with E-state index in [0.29, 0.717) is 6.04 Å². The molecule has 0 bridgehead atoms. The number of ether oxygens (including phenoxy) is 1. The summed E-state index contributed by atoms with van der Waals surface area (Å²) < 4.78 is 5.43. The number of fused-ring (bicyclic) bond motifs is 2. The van der Waals surface area contributed by atoms with Gasteiger partial charge in [-0.05, 0) is 61.3 Å². The first-order valence-electron chi connectivity index (χ1n) is 9.38. The minimum Gasteiger partial charge on any atom is -0.379 e. The molecule has 2 aliphatic rings. The Hall–Kier alpha value is -1.04. The molecule has 0 aliphatic carbocycles. The fraction of sp³-hybridized carbons (Fsp3) is 0.429. The molecule has 0 radical (unpaired) electrons. The average molecular weight is 389 g/mol. The first-order chi connectivity index (χ1) is 12.8. The SMILES string of the molecule is Clc1ccc2c(c1)CC(NCCCN1CCOCC1)c1ccccc1S2. The highest BCUT2D eigenvalue weighted by Crippen LogP contribution is 2.41. The number of nitrogens with zero attached hydrogens (tertiary/aromatic N) is 1. The normalized spacial score (nSPS) is 20.3. The molecule has 1 N–H and O–H groups in total. The van der Waals surface area contributed by atoms with Gasteiger partial charge in [0.1, 0.15) is 0 Å². The van der Waals surface area contributed by atoms with Crippen molar-refractivity contribution in [2.45, 2.75) is 28.7 Å². The Morgan fingerprint density at radius 3 is 2.85 bits per heavy atom. The monoisotopic (exact) mass is 388 g/mol. The van der Waals surface area contributed by atoms with E-state index in [1.165, 1.54) is 20.9 Å². The van der Waals surface area contributed by atoms with Gasteiger partial charge in [-0.3, -0.25) is 4.90 Å². The van der Waals surface area contributed by atoms with Gasteiger partial charge in [-0.2, -0.15) is 0 Å². The third-order valence-electron chi connectivity index (χ3n) is 5.11. The van der Waals surface area contributed by atoms with E-state index in [9.17, 15) is 0 Å². The Morgan fingerprint density at radius 2 is 1.96 bits per heavy atom. The predicted octanol–water partition coefficient (Wildman–Crippen LogP) is 4.40. The van der Waals surface area contributed by atoms with Crippen LogP contribution in [0.4, 0.5) is 0 Å². The van der Waals surface area contributed by atoms with Crippen LogP contribution in [0.15, 0.2) is 52.3 Å². The Bertz CT molecular complexity index is 749. The number of halogens is 1. The van der Waals surface area contributed by atoms with Crippen molar-refractivity contribution in [3.63, 3.8) is 0 Å². The fourth-order valence-corrected chi connectivity index (χ4v) is 5.02. The minimum absolute atomic E-state index is 0.336. The number of hydrogen-bond donors (Lipinski definition) is 1. The standard InChI is InChI=1S/C21H25ClN2OS/c22-17-6-7-20-16(14-17)15-19(18-4-1-2-5-21(18)26-20)23-8-3-9-24-10-12-25-13-11-24/h1-2,4-7,14,19,23H,3,8-13,15H2. The van der Waals surface area contributed by atoms with Crippen molar-refractivity contribution in [2.24, 2.45) is 0 Å². The topological polar surface area (TPSA) is 24.5 Å². The lowest BCUT2D eigenvalue weighted by atomic mass is 9.99. The van der Waals surface area contributed by atoms with Gasteiger partial charge in [0, 0.05) is 33.9 Å². The Morgan fingerprint density at radius 1 is 1.12 bits per heavy atom. The highest BCUT2D eigenvalue weighted by atomic mass is 35.5. The highest BCUT2D eigenvalue weighted by molar-refractivity contribution is 7.99. The summed E-state index contributed by atoms with van der Waals surface area (Å²) in [5, 5.41) is 4.62. The third kappa shape index (κ3) is 4.44. The molecule has 2 heterocycles. The Balaban J connectivity index is 1.43. The van der Waals surface area contributed by atoms with E-state index in [4.69, 9.17) is 16.3 Å². The number of rotatable bonds is 5. The molecule has 2 aliphatic heterocycles. The van der Waals surface area contributed by atoms with E-state index in [0.717, 1.165) is 57.3 Å². The molecule has 4 rings (SSSR count). The molecule has 1 fully saturated rings. The molecule has 2 aromatic carbocycles. The zero-order chi connectivity index (χ0) is 17.8. The van der Waals surface area contributed by atoms with Gasteiger partial charge < -0.3 is 10.1 Å². The van der Waals surface area contributed by atoms with Crippen LogP contribution in [0.1, 0.15) is 23.6 Å². The lowest BCUT2D eigenvalue weighted by Crippen LogP contribution is -2.38. The van der Waals surface area contributed by atoms with E-state index in [2.05, 4.69) is 46.6 Å². The molecule has 3 nitrogen and oxygen atoms in total. The van der Waals surface area contributed by atoms with Crippen LogP contribution in [-0.4, -0.2) is 44.3 Å². The molecule has 5 heteroatoms. The van der Waals surface area contributed by atoms with Gasteiger partial charge in [-0.25, -0.2) is 0 Å². The molecule has 1 saturated heterocycles. The molecule has 0 saturated carbocycles. The van der Waals surface area contributed by atoms with E-state index >= 15 is 0 Å². The maximum atomic E-state index is 6.26. The van der Waals surface area contributed by atoms with Gasteiger partial charge in [0.2, 0.25) is 0 Å². The quantitative estimate of drug-likeness (QED) is 0.767. The van der Waals surface area contributed by atoms with Gasteiger partial charge in [0.25, 0.3) is 0 Å². The smallest absolute Gasteiger partial charge is 0.0594 e. The summed E-state index contributed by atoms with van der Waals surface area (Å²) in [6.07, 6.45) is 2.14. The second-order valence-electron chi connectivity index (χ2n) is 6.91. The molecule has 1 unspecified atom stereocenters. The van der Waals surface area contributed by atoms with E-state index in [-0.39, 0.29) is 0 Å². The van der Waals surface area contributed by atoms with Crippen LogP contribution in [0.2, 0.25) is 5.02 Å². The third-order valence-corrected chi connectivity index (χ3v) is 6.55. The summed E-state index contributed by atoms with van der Waals surface area (Å²) in [5.41, 5.74) is 2.74. The van der Waals surface area contributed by atoms with Crippen molar-refractivity contribution in [1.82, 2.24) is 10.2 Å². The second-order valence-corrected chi connectivity index (χ2v) is 8.43. The largest absolute Gasteiger partial charge is 0.379 e. The van der Waals surface area contributed by atoms with Crippen LogP contribution in [0.5, 0.6) is 0 Å². The predicted molar refractivity (Wildman–Crippen MR) is 108 cm³/mol. The van der Waals surface area contributed by atoms with E-state index in [1.54, 1.807) is 0 Å². The van der Waals surface area contributed by atoms with Gasteiger partial charge >= 0.3 is 0 Å². The van der Waals surface area contributed by atoms with E-state index in [1.807, 2.05) is 17.8 Å². The molecule has 1 atom stereocenters. The summed E-state index contributed by atoms with van der Waals surface area (Å²) in [6, 6.07) is 15.4. The van der Waals surface area contributed by atoms with Crippen LogP contribution >= 0.6 is 23.4 Å². The first kappa shape index (κ1) is 18.3. The average Bonchev–Trinajstić information content (AvgIpc) is 2.82. The van der Waals surface area contributed by atoms with Crippen molar-refractivity contribution >= 4 is 23.4 Å². The van der Waals surface area contributed by atoms with Crippen molar-refractivity contribution in [3.8, 4) is 0 Å². The first-order valence-corrected chi connectivity index (χ1v) is 10.6. The highest BCUT2D eigenvalue weighted by Gasteiger charge is 2.22. The minimum atomic E-state index is 0.336. The van der Waals surface area contributed by atoms with Crippen LogP contribution in [0, 0.1) is 0 Å². The number of nitrogens with one attached hydrogen (secondary N) is 1. The zero-order valence-electron chi connectivity index (χ0n) is 14.9. The van der Waals surface area contributed by atoms with Gasteiger partial charge in [-0.1, -0.05) is 41.6 Å². The molecule has 0 aromatic heterocycles. The molecule has 0 amide bonds. The second kappa shape index (κ2) is 8.77. The summed E-state index contributed by atoms with van der Waals surface area (Å²) in [6.45, 7) is 6.04. The summed E-state index contributed by atoms with van der Waals surface area (Å²) in [4.78, 5) is 5.16. The van der Waals surface area contributed by atoms with Gasteiger partial charge in [0.05, 0.1) is 13.2 Å². The lowest BCUT2D eigenvalue weighted by molar-refractivity contribution is 0.0374. The number of morpholine rings is 1. The maximum absolute atomic E-state index is 6.26. The Kier molecular flexibility index (Phi) is 6.18. The molecule has 0 spiro atoms. The van der Waals surface area contributed by atoms with Crippen molar-refractivity contribution in [3.05, 3.63) is 58.6 Å². The van der Waals surface area contributed by atoms with Gasteiger partial charge in [-0.15, -0.1) is 0 Å². The maximum Gasteiger partial charge on any atom is 0.0594 e. The molecule has 138 valence electrons. The number of hydrogen-bond acceptors (Lipinski definition) is 4. The lowest BCUT2D eigenvalue weighted by Gasteiger charge is -2.27.